The third-order valence-corrected chi connectivity index (χ3v) is 4.49. The normalized spacial score (nSPS) is 17.0. The number of hydrogen-bond donors (Lipinski definition) is 2. The van der Waals surface area contributed by atoms with E-state index < -0.39 is 0 Å². The molecule has 0 saturated carbocycles. The number of hydrogen-bond acceptors (Lipinski definition) is 3. The average Bonchev–Trinajstić information content (AvgIpc) is 3.11. The van der Waals surface area contributed by atoms with Gasteiger partial charge in [-0.1, -0.05) is 44.2 Å². The third kappa shape index (κ3) is 8.47. The molecule has 27 heavy (non-hydrogen) atoms. The van der Waals surface area contributed by atoms with Crippen LogP contribution in [-0.4, -0.2) is 56.6 Å². The number of amides is 1. The van der Waals surface area contributed by atoms with Crippen LogP contribution in [0.4, 0.5) is 0 Å². The van der Waals surface area contributed by atoms with Crippen molar-refractivity contribution in [3.8, 4) is 0 Å². The maximum absolute atomic E-state index is 11.6. The summed E-state index contributed by atoms with van der Waals surface area (Å²) in [7, 11) is 1.80. The second kappa shape index (κ2) is 12.9. The molecule has 1 aliphatic rings. The fraction of sp³-hybridized carbons (Fsp3) is 0.600. The van der Waals surface area contributed by atoms with E-state index in [-0.39, 0.29) is 35.8 Å². The Labute approximate surface area is 180 Å². The van der Waals surface area contributed by atoms with Gasteiger partial charge in [-0.3, -0.25) is 9.79 Å². The summed E-state index contributed by atoms with van der Waals surface area (Å²) in [5.74, 6) is 1.52. The minimum atomic E-state index is 0. The number of halogens is 1. The molecule has 0 aromatic heterocycles. The standard InChI is InChI=1S/C20H32N4O2.HI/c1-16(2)19(25)22-10-11-23-20(21-3)24-12-9-18(13-24)15-26-14-17-7-5-4-6-8-17;/h4-8,16,18H,9-15H2,1-3H3,(H,21,23)(H,22,25);1H. The van der Waals surface area contributed by atoms with E-state index in [0.29, 0.717) is 25.6 Å². The molecule has 0 aliphatic carbocycles. The summed E-state index contributed by atoms with van der Waals surface area (Å²) in [6.45, 7) is 8.44. The minimum Gasteiger partial charge on any atom is -0.376 e. The predicted molar refractivity (Wildman–Crippen MR) is 120 cm³/mol. The van der Waals surface area contributed by atoms with Crippen LogP contribution >= 0.6 is 24.0 Å². The number of carbonyl (C=O) groups excluding carboxylic acids is 1. The van der Waals surface area contributed by atoms with Gasteiger partial charge in [0, 0.05) is 45.1 Å². The molecular weight excluding hydrogens is 455 g/mol. The van der Waals surface area contributed by atoms with Crippen molar-refractivity contribution >= 4 is 35.8 Å². The Morgan fingerprint density at radius 2 is 1.96 bits per heavy atom. The topological polar surface area (TPSA) is 66.0 Å². The molecule has 1 amide bonds. The highest BCUT2D eigenvalue weighted by atomic mass is 127. The van der Waals surface area contributed by atoms with Crippen LogP contribution in [-0.2, 0) is 16.1 Å². The fourth-order valence-corrected chi connectivity index (χ4v) is 2.98. The van der Waals surface area contributed by atoms with Gasteiger partial charge in [-0.05, 0) is 12.0 Å². The summed E-state index contributed by atoms with van der Waals surface area (Å²) >= 11 is 0. The Morgan fingerprint density at radius 3 is 2.63 bits per heavy atom. The first-order chi connectivity index (χ1) is 12.6. The van der Waals surface area contributed by atoms with Crippen molar-refractivity contribution in [1.29, 1.82) is 0 Å². The van der Waals surface area contributed by atoms with Crippen LogP contribution in [0.15, 0.2) is 35.3 Å². The highest BCUT2D eigenvalue weighted by molar-refractivity contribution is 14.0. The molecule has 1 unspecified atom stereocenters. The summed E-state index contributed by atoms with van der Waals surface area (Å²) in [5, 5.41) is 6.24. The maximum Gasteiger partial charge on any atom is 0.222 e. The van der Waals surface area contributed by atoms with Crippen LogP contribution in [0.3, 0.4) is 0 Å². The molecule has 0 spiro atoms. The highest BCUT2D eigenvalue weighted by Crippen LogP contribution is 2.17. The molecule has 2 rings (SSSR count). The zero-order valence-electron chi connectivity index (χ0n) is 16.6. The number of nitrogens with zero attached hydrogens (tertiary/aromatic N) is 2. The van der Waals surface area contributed by atoms with Gasteiger partial charge in [0.1, 0.15) is 0 Å². The van der Waals surface area contributed by atoms with Gasteiger partial charge in [-0.25, -0.2) is 0 Å². The Kier molecular flexibility index (Phi) is 11.3. The first kappa shape index (κ1) is 23.7. The molecule has 0 bridgehead atoms. The van der Waals surface area contributed by atoms with E-state index in [1.807, 2.05) is 32.0 Å². The molecule has 2 N–H and O–H groups in total. The second-order valence-corrected chi connectivity index (χ2v) is 7.02. The van der Waals surface area contributed by atoms with Gasteiger partial charge in [0.15, 0.2) is 5.96 Å². The number of aliphatic imine (C=N–C) groups is 1. The van der Waals surface area contributed by atoms with E-state index in [4.69, 9.17) is 4.74 Å². The number of ether oxygens (including phenoxy) is 1. The number of nitrogens with one attached hydrogen (secondary N) is 2. The Balaban J connectivity index is 0.00000364. The molecule has 1 saturated heterocycles. The van der Waals surface area contributed by atoms with Crippen molar-refractivity contribution in [3.05, 3.63) is 35.9 Å². The second-order valence-electron chi connectivity index (χ2n) is 7.02. The van der Waals surface area contributed by atoms with Crippen molar-refractivity contribution in [3.63, 3.8) is 0 Å². The smallest absolute Gasteiger partial charge is 0.222 e. The zero-order chi connectivity index (χ0) is 18.8. The summed E-state index contributed by atoms with van der Waals surface area (Å²) in [5.41, 5.74) is 1.21. The summed E-state index contributed by atoms with van der Waals surface area (Å²) in [6, 6.07) is 10.3. The van der Waals surface area contributed by atoms with Crippen LogP contribution in [0.25, 0.3) is 0 Å². The van der Waals surface area contributed by atoms with Crippen molar-refractivity contribution in [2.24, 2.45) is 16.8 Å². The average molecular weight is 488 g/mol. The number of likely N-dealkylation sites (tertiary alicyclic amines) is 1. The van der Waals surface area contributed by atoms with Crippen molar-refractivity contribution < 1.29 is 9.53 Å². The third-order valence-electron chi connectivity index (χ3n) is 4.49. The van der Waals surface area contributed by atoms with Gasteiger partial charge < -0.3 is 20.3 Å². The molecule has 6 nitrogen and oxygen atoms in total. The largest absolute Gasteiger partial charge is 0.376 e. The molecule has 7 heteroatoms. The lowest BCUT2D eigenvalue weighted by Crippen LogP contribution is -2.43. The van der Waals surface area contributed by atoms with E-state index in [2.05, 4.69) is 32.7 Å². The molecule has 1 aromatic carbocycles. The lowest BCUT2D eigenvalue weighted by atomic mass is 10.1. The molecule has 1 aromatic rings. The number of carbonyl (C=O) groups is 1. The molecule has 152 valence electrons. The van der Waals surface area contributed by atoms with E-state index in [0.717, 1.165) is 32.1 Å². The Morgan fingerprint density at radius 1 is 1.26 bits per heavy atom. The number of guanidine groups is 1. The van der Waals surface area contributed by atoms with Crippen molar-refractivity contribution in [1.82, 2.24) is 15.5 Å². The van der Waals surface area contributed by atoms with Gasteiger partial charge in [-0.15, -0.1) is 24.0 Å². The summed E-state index contributed by atoms with van der Waals surface area (Å²) < 4.78 is 5.88. The van der Waals surface area contributed by atoms with E-state index >= 15 is 0 Å². The van der Waals surface area contributed by atoms with Gasteiger partial charge in [0.25, 0.3) is 0 Å². The van der Waals surface area contributed by atoms with Crippen molar-refractivity contribution in [2.75, 3.05) is 39.8 Å². The summed E-state index contributed by atoms with van der Waals surface area (Å²) in [4.78, 5) is 18.2. The van der Waals surface area contributed by atoms with Crippen LogP contribution < -0.4 is 10.6 Å². The predicted octanol–water partition coefficient (Wildman–Crippen LogP) is 2.49. The first-order valence-corrected chi connectivity index (χ1v) is 9.45. The quantitative estimate of drug-likeness (QED) is 0.256. The molecule has 1 aliphatic heterocycles. The van der Waals surface area contributed by atoms with E-state index in [1.165, 1.54) is 5.56 Å². The number of rotatable bonds is 8. The highest BCUT2D eigenvalue weighted by Gasteiger charge is 2.24. The van der Waals surface area contributed by atoms with Gasteiger partial charge in [-0.2, -0.15) is 0 Å². The molecule has 0 radical (unpaired) electrons. The monoisotopic (exact) mass is 488 g/mol. The van der Waals surface area contributed by atoms with Gasteiger partial charge in [0.2, 0.25) is 5.91 Å². The van der Waals surface area contributed by atoms with Crippen LogP contribution in [0.5, 0.6) is 0 Å². The van der Waals surface area contributed by atoms with Crippen molar-refractivity contribution in [2.45, 2.75) is 26.9 Å². The van der Waals surface area contributed by atoms with Crippen LogP contribution in [0.2, 0.25) is 0 Å². The first-order valence-electron chi connectivity index (χ1n) is 9.45. The number of benzene rings is 1. The lowest BCUT2D eigenvalue weighted by Gasteiger charge is -2.22. The van der Waals surface area contributed by atoms with Crippen LogP contribution in [0.1, 0.15) is 25.8 Å². The molecule has 1 heterocycles. The Bertz CT molecular complexity index is 581. The minimum absolute atomic E-state index is 0. The van der Waals surface area contributed by atoms with E-state index in [9.17, 15) is 4.79 Å². The lowest BCUT2D eigenvalue weighted by molar-refractivity contribution is -0.123. The molecule has 1 atom stereocenters. The zero-order valence-corrected chi connectivity index (χ0v) is 18.9. The molecular formula is C20H33IN4O2. The fourth-order valence-electron chi connectivity index (χ4n) is 2.98. The Hall–Kier alpha value is -1.35. The van der Waals surface area contributed by atoms with E-state index in [1.54, 1.807) is 7.05 Å². The molecule has 1 fully saturated rings. The summed E-state index contributed by atoms with van der Waals surface area (Å²) in [6.07, 6.45) is 1.11. The van der Waals surface area contributed by atoms with Crippen LogP contribution in [0, 0.1) is 11.8 Å². The maximum atomic E-state index is 11.6. The van der Waals surface area contributed by atoms with Gasteiger partial charge in [0.05, 0.1) is 13.2 Å². The SMILES string of the molecule is CN=C(NCCNC(=O)C(C)C)N1CCC(COCc2ccccc2)C1.I. The van der Waals surface area contributed by atoms with Gasteiger partial charge >= 0.3 is 0 Å².